The third kappa shape index (κ3) is 3.94. The van der Waals surface area contributed by atoms with Crippen LogP contribution in [0.2, 0.25) is 0 Å². The van der Waals surface area contributed by atoms with Crippen LogP contribution in [-0.2, 0) is 6.54 Å². The number of carboxylic acid groups (broad SMARTS) is 1. The summed E-state index contributed by atoms with van der Waals surface area (Å²) in [4.78, 5) is 16.7. The molecule has 3 aromatic carbocycles. The van der Waals surface area contributed by atoms with E-state index in [4.69, 9.17) is 4.99 Å². The summed E-state index contributed by atoms with van der Waals surface area (Å²) in [7, 11) is 0. The average molecular weight is 385 g/mol. The second kappa shape index (κ2) is 8.06. The molecule has 4 rings (SSSR count). The van der Waals surface area contributed by atoms with Crippen LogP contribution >= 0.6 is 11.3 Å². The molecule has 4 nitrogen and oxygen atoms in total. The number of carboxylic acids is 1. The fraction of sp³-hybridized carbons (Fsp3) is 0.0435. The molecular weight excluding hydrogens is 368 g/mol. The maximum Gasteiger partial charge on any atom is 0.190 e. The summed E-state index contributed by atoms with van der Waals surface area (Å²) < 4.78 is 2.15. The molecule has 28 heavy (non-hydrogen) atoms. The van der Waals surface area contributed by atoms with E-state index >= 15 is 0 Å². The van der Waals surface area contributed by atoms with Gasteiger partial charge in [0, 0.05) is 5.38 Å². The van der Waals surface area contributed by atoms with Gasteiger partial charge in [-0.2, -0.15) is 0 Å². The Balaban J connectivity index is 1.79. The minimum Gasteiger partial charge on any atom is -0.545 e. The van der Waals surface area contributed by atoms with Gasteiger partial charge < -0.3 is 14.5 Å². The number of thiazole rings is 1. The molecule has 0 unspecified atom stereocenters. The molecule has 0 aliphatic rings. The number of carbonyl (C=O) groups is 1. The molecule has 0 fully saturated rings. The monoisotopic (exact) mass is 385 g/mol. The van der Waals surface area contributed by atoms with Gasteiger partial charge in [-0.25, -0.2) is 4.99 Å². The molecule has 0 saturated carbocycles. The van der Waals surface area contributed by atoms with E-state index in [1.807, 2.05) is 60.7 Å². The fourth-order valence-corrected chi connectivity index (χ4v) is 3.88. The first-order valence-corrected chi connectivity index (χ1v) is 9.72. The van der Waals surface area contributed by atoms with Gasteiger partial charge in [-0.3, -0.25) is 0 Å². The quantitative estimate of drug-likeness (QED) is 0.524. The Hall–Kier alpha value is -3.44. The van der Waals surface area contributed by atoms with E-state index in [1.54, 1.807) is 23.5 Å². The Morgan fingerprint density at radius 1 is 0.893 bits per heavy atom. The third-order valence-electron chi connectivity index (χ3n) is 4.38. The van der Waals surface area contributed by atoms with Crippen molar-refractivity contribution in [2.45, 2.75) is 6.54 Å². The second-order valence-electron chi connectivity index (χ2n) is 6.29. The van der Waals surface area contributed by atoms with E-state index in [2.05, 4.69) is 22.1 Å². The van der Waals surface area contributed by atoms with Gasteiger partial charge in [-0.05, 0) is 28.8 Å². The summed E-state index contributed by atoms with van der Waals surface area (Å²) in [5.41, 5.74) is 4.25. The van der Waals surface area contributed by atoms with Crippen LogP contribution in [0.1, 0.15) is 15.9 Å². The summed E-state index contributed by atoms with van der Waals surface area (Å²) >= 11 is 1.59. The SMILES string of the molecule is O=C([O-])c1ccc(Cn2c(-c3ccccc3)csc2=Nc2ccccc2)cc1. The Labute approximate surface area is 166 Å². The van der Waals surface area contributed by atoms with Crippen molar-refractivity contribution in [3.05, 3.63) is 106 Å². The number of nitrogens with zero attached hydrogens (tertiary/aromatic N) is 2. The highest BCUT2D eigenvalue weighted by atomic mass is 32.1. The van der Waals surface area contributed by atoms with Crippen molar-refractivity contribution in [1.29, 1.82) is 0 Å². The lowest BCUT2D eigenvalue weighted by atomic mass is 10.1. The summed E-state index contributed by atoms with van der Waals surface area (Å²) in [6, 6.07) is 26.8. The van der Waals surface area contributed by atoms with E-state index in [-0.39, 0.29) is 5.56 Å². The van der Waals surface area contributed by atoms with Crippen molar-refractivity contribution in [2.75, 3.05) is 0 Å². The normalized spacial score (nSPS) is 11.5. The van der Waals surface area contributed by atoms with E-state index in [0.717, 1.165) is 27.3 Å². The van der Waals surface area contributed by atoms with Gasteiger partial charge in [-0.15, -0.1) is 11.3 Å². The fourth-order valence-electron chi connectivity index (χ4n) is 2.95. The van der Waals surface area contributed by atoms with E-state index in [9.17, 15) is 9.90 Å². The molecule has 5 heteroatoms. The number of hydrogen-bond donors (Lipinski definition) is 0. The van der Waals surface area contributed by atoms with Crippen molar-refractivity contribution < 1.29 is 9.90 Å². The summed E-state index contributed by atoms with van der Waals surface area (Å²) in [5, 5.41) is 13.1. The minimum atomic E-state index is -1.17. The molecule has 0 radical (unpaired) electrons. The molecule has 0 spiro atoms. The Kier molecular flexibility index (Phi) is 5.17. The number of carbonyl (C=O) groups excluding carboxylic acids is 1. The largest absolute Gasteiger partial charge is 0.545 e. The minimum absolute atomic E-state index is 0.177. The molecule has 1 aromatic heterocycles. The molecule has 0 aliphatic carbocycles. The number of hydrogen-bond acceptors (Lipinski definition) is 4. The topological polar surface area (TPSA) is 57.4 Å². The van der Waals surface area contributed by atoms with Crippen LogP contribution in [0.5, 0.6) is 0 Å². The zero-order valence-corrected chi connectivity index (χ0v) is 15.8. The zero-order valence-electron chi connectivity index (χ0n) is 15.0. The van der Waals surface area contributed by atoms with Crippen LogP contribution in [0.15, 0.2) is 95.3 Å². The maximum atomic E-state index is 11.0. The highest BCUT2D eigenvalue weighted by Gasteiger charge is 2.09. The highest BCUT2D eigenvalue weighted by Crippen LogP contribution is 2.22. The van der Waals surface area contributed by atoms with Crippen molar-refractivity contribution in [3.8, 4) is 11.3 Å². The molecule has 0 amide bonds. The zero-order chi connectivity index (χ0) is 19.3. The number of aromatic carboxylic acids is 1. The molecule has 0 N–H and O–H groups in total. The van der Waals surface area contributed by atoms with Crippen molar-refractivity contribution in [3.63, 3.8) is 0 Å². The van der Waals surface area contributed by atoms with Crippen LogP contribution in [0.3, 0.4) is 0 Å². The van der Waals surface area contributed by atoms with Crippen LogP contribution in [-0.4, -0.2) is 10.5 Å². The Morgan fingerprint density at radius 3 is 2.18 bits per heavy atom. The van der Waals surface area contributed by atoms with Gasteiger partial charge in [0.2, 0.25) is 0 Å². The Bertz CT molecular complexity index is 1140. The highest BCUT2D eigenvalue weighted by molar-refractivity contribution is 7.07. The molecule has 4 aromatic rings. The van der Waals surface area contributed by atoms with Gasteiger partial charge in [0.1, 0.15) is 0 Å². The van der Waals surface area contributed by atoms with Crippen LogP contribution in [0.25, 0.3) is 11.3 Å². The van der Waals surface area contributed by atoms with Gasteiger partial charge in [-0.1, -0.05) is 72.8 Å². The molecule has 0 bridgehead atoms. The van der Waals surface area contributed by atoms with Crippen LogP contribution in [0, 0.1) is 0 Å². The first-order chi connectivity index (χ1) is 13.7. The average Bonchev–Trinajstić information content (AvgIpc) is 3.12. The number of benzene rings is 3. The lowest BCUT2D eigenvalue weighted by Crippen LogP contribution is -2.22. The van der Waals surface area contributed by atoms with E-state index in [1.165, 1.54) is 0 Å². The molecule has 0 atom stereocenters. The number of aromatic nitrogens is 1. The molecular formula is C23H17N2O2S-. The molecule has 0 saturated heterocycles. The van der Waals surface area contributed by atoms with Crippen LogP contribution in [0.4, 0.5) is 5.69 Å². The van der Waals surface area contributed by atoms with Crippen molar-refractivity contribution in [1.82, 2.24) is 4.57 Å². The summed E-state index contributed by atoms with van der Waals surface area (Å²) in [6.07, 6.45) is 0. The van der Waals surface area contributed by atoms with E-state index in [0.29, 0.717) is 6.54 Å². The van der Waals surface area contributed by atoms with Crippen molar-refractivity contribution in [2.24, 2.45) is 4.99 Å². The lowest BCUT2D eigenvalue weighted by molar-refractivity contribution is -0.255. The molecule has 138 valence electrons. The van der Waals surface area contributed by atoms with E-state index < -0.39 is 5.97 Å². The van der Waals surface area contributed by atoms with Crippen molar-refractivity contribution >= 4 is 23.0 Å². The second-order valence-corrected chi connectivity index (χ2v) is 7.12. The molecule has 1 heterocycles. The van der Waals surface area contributed by atoms with Gasteiger partial charge in [0.05, 0.1) is 23.9 Å². The number of para-hydroxylation sites is 1. The van der Waals surface area contributed by atoms with Gasteiger partial charge in [0.25, 0.3) is 0 Å². The first kappa shape index (κ1) is 17.9. The van der Waals surface area contributed by atoms with Gasteiger partial charge in [0.15, 0.2) is 4.80 Å². The predicted octanol–water partition coefficient (Wildman–Crippen LogP) is 3.86. The third-order valence-corrected chi connectivity index (χ3v) is 5.24. The smallest absolute Gasteiger partial charge is 0.190 e. The summed E-state index contributed by atoms with van der Waals surface area (Å²) in [6.45, 7) is 0.590. The standard InChI is InChI=1S/C23H18N2O2S/c26-22(27)19-13-11-17(12-14-19)15-25-21(18-7-3-1-4-8-18)16-28-23(25)24-20-9-5-2-6-10-20/h1-14,16H,15H2,(H,26,27)/p-1. The first-order valence-electron chi connectivity index (χ1n) is 8.84. The van der Waals surface area contributed by atoms with Crippen LogP contribution < -0.4 is 9.91 Å². The van der Waals surface area contributed by atoms with Gasteiger partial charge >= 0.3 is 0 Å². The lowest BCUT2D eigenvalue weighted by Gasteiger charge is -2.10. The molecule has 0 aliphatic heterocycles. The predicted molar refractivity (Wildman–Crippen MR) is 109 cm³/mol. The Morgan fingerprint density at radius 2 is 1.54 bits per heavy atom. The number of rotatable bonds is 5. The maximum absolute atomic E-state index is 11.0. The summed E-state index contributed by atoms with van der Waals surface area (Å²) in [5.74, 6) is -1.17.